The summed E-state index contributed by atoms with van der Waals surface area (Å²) in [5, 5.41) is 12.1. The predicted molar refractivity (Wildman–Crippen MR) is 80.4 cm³/mol. The number of hydrogen-bond donors (Lipinski definition) is 2. The van der Waals surface area contributed by atoms with Gasteiger partial charge in [-0.1, -0.05) is 18.2 Å². The zero-order chi connectivity index (χ0) is 15.5. The number of aromatic carboxylic acids is 1. The van der Waals surface area contributed by atoms with Crippen molar-refractivity contribution in [2.24, 2.45) is 0 Å². The Morgan fingerprint density at radius 1 is 1.29 bits per heavy atom. The van der Waals surface area contributed by atoms with Crippen molar-refractivity contribution in [1.29, 1.82) is 0 Å². The fourth-order valence-corrected chi connectivity index (χ4v) is 2.75. The number of rotatable bonds is 6. The molecule has 1 aromatic rings. The molecule has 0 aromatic heterocycles. The van der Waals surface area contributed by atoms with E-state index < -0.39 is 5.97 Å². The third-order valence-corrected chi connectivity index (χ3v) is 4.45. The van der Waals surface area contributed by atoms with E-state index in [4.69, 9.17) is 5.11 Å². The van der Waals surface area contributed by atoms with Gasteiger partial charge in [0.05, 0.1) is 12.0 Å². The maximum atomic E-state index is 12.1. The summed E-state index contributed by atoms with van der Waals surface area (Å²) in [5.74, 6) is -1.13. The van der Waals surface area contributed by atoms with Gasteiger partial charge in [0.2, 0.25) is 5.91 Å². The first kappa shape index (κ1) is 15.5. The van der Waals surface area contributed by atoms with Gasteiger partial charge in [0.1, 0.15) is 0 Å². The number of likely N-dealkylation sites (N-methyl/N-ethyl adjacent to an activating group) is 1. The average Bonchev–Trinajstić information content (AvgIpc) is 2.37. The maximum Gasteiger partial charge on any atom is 0.335 e. The van der Waals surface area contributed by atoms with Gasteiger partial charge >= 0.3 is 5.97 Å². The number of carbonyl (C=O) groups is 2. The highest BCUT2D eigenvalue weighted by Gasteiger charge is 2.39. The first-order valence-electron chi connectivity index (χ1n) is 7.20. The number of carbonyl (C=O) groups excluding carboxylic acids is 1. The molecule has 1 fully saturated rings. The minimum absolute atomic E-state index is 0.0714. The molecule has 1 aromatic carbocycles. The van der Waals surface area contributed by atoms with Gasteiger partial charge in [-0.2, -0.15) is 0 Å². The highest BCUT2D eigenvalue weighted by molar-refractivity contribution is 5.91. The van der Waals surface area contributed by atoms with Crippen molar-refractivity contribution in [2.75, 3.05) is 20.6 Å². The summed E-state index contributed by atoms with van der Waals surface area (Å²) in [7, 11) is 4.07. The van der Waals surface area contributed by atoms with Crippen molar-refractivity contribution in [3.63, 3.8) is 0 Å². The fourth-order valence-electron chi connectivity index (χ4n) is 2.75. The molecule has 5 heteroatoms. The normalized spacial score (nSPS) is 16.3. The Labute approximate surface area is 125 Å². The summed E-state index contributed by atoms with van der Waals surface area (Å²) in [5.41, 5.74) is 0.816. The van der Waals surface area contributed by atoms with Crippen LogP contribution in [0.3, 0.4) is 0 Å². The number of amides is 1. The van der Waals surface area contributed by atoms with Crippen LogP contribution in [0.15, 0.2) is 24.3 Å². The Kier molecular flexibility index (Phi) is 4.63. The number of hydrogen-bond acceptors (Lipinski definition) is 3. The zero-order valence-corrected chi connectivity index (χ0v) is 12.6. The van der Waals surface area contributed by atoms with Gasteiger partial charge in [0.15, 0.2) is 0 Å². The third kappa shape index (κ3) is 3.42. The highest BCUT2D eigenvalue weighted by Crippen LogP contribution is 2.35. The first-order chi connectivity index (χ1) is 9.94. The summed E-state index contributed by atoms with van der Waals surface area (Å²) in [6.07, 6.45) is 3.47. The molecule has 0 saturated heterocycles. The monoisotopic (exact) mass is 290 g/mol. The molecule has 21 heavy (non-hydrogen) atoms. The number of nitrogens with zero attached hydrogens (tertiary/aromatic N) is 1. The number of carboxylic acid groups (broad SMARTS) is 1. The van der Waals surface area contributed by atoms with E-state index in [1.807, 2.05) is 14.1 Å². The first-order valence-corrected chi connectivity index (χ1v) is 7.20. The lowest BCUT2D eigenvalue weighted by Crippen LogP contribution is -2.57. The lowest BCUT2D eigenvalue weighted by molar-refractivity contribution is -0.121. The molecule has 114 valence electrons. The second kappa shape index (κ2) is 6.26. The van der Waals surface area contributed by atoms with Crippen LogP contribution in [0, 0.1) is 0 Å². The standard InChI is InChI=1S/C16H22N2O3/c1-18(2)16(8-5-9-16)11-17-14(19)10-12-6-3-4-7-13(12)15(20)21/h3-4,6-7H,5,8-11H2,1-2H3,(H,17,19)(H,20,21). The van der Waals surface area contributed by atoms with Crippen LogP contribution in [0.1, 0.15) is 35.2 Å². The molecule has 1 amide bonds. The van der Waals surface area contributed by atoms with Gasteiger partial charge in [-0.3, -0.25) is 4.79 Å². The molecule has 0 aliphatic heterocycles. The van der Waals surface area contributed by atoms with Gasteiger partial charge in [-0.15, -0.1) is 0 Å². The topological polar surface area (TPSA) is 69.6 Å². The van der Waals surface area contributed by atoms with E-state index in [1.54, 1.807) is 18.2 Å². The van der Waals surface area contributed by atoms with E-state index in [-0.39, 0.29) is 23.4 Å². The molecule has 0 radical (unpaired) electrons. The van der Waals surface area contributed by atoms with Crippen LogP contribution >= 0.6 is 0 Å². The molecule has 1 aliphatic carbocycles. The lowest BCUT2D eigenvalue weighted by Gasteiger charge is -2.47. The Bertz CT molecular complexity index is 536. The number of benzene rings is 1. The maximum absolute atomic E-state index is 12.1. The van der Waals surface area contributed by atoms with Crippen molar-refractivity contribution in [1.82, 2.24) is 10.2 Å². The van der Waals surface area contributed by atoms with Crippen LogP contribution in [-0.2, 0) is 11.2 Å². The Morgan fingerprint density at radius 2 is 1.95 bits per heavy atom. The van der Waals surface area contributed by atoms with E-state index >= 15 is 0 Å². The van der Waals surface area contributed by atoms with Crippen LogP contribution < -0.4 is 5.32 Å². The second-order valence-electron chi connectivity index (χ2n) is 5.89. The SMILES string of the molecule is CN(C)C1(CNC(=O)Cc2ccccc2C(=O)O)CCC1. The minimum Gasteiger partial charge on any atom is -0.478 e. The van der Waals surface area contributed by atoms with Crippen LogP contribution in [-0.4, -0.2) is 48.1 Å². The average molecular weight is 290 g/mol. The summed E-state index contributed by atoms with van der Waals surface area (Å²) in [6.45, 7) is 0.619. The fraction of sp³-hybridized carbons (Fsp3) is 0.500. The molecular weight excluding hydrogens is 268 g/mol. The number of carboxylic acids is 1. The van der Waals surface area contributed by atoms with Gasteiger partial charge in [-0.25, -0.2) is 4.79 Å². The van der Waals surface area contributed by atoms with Crippen molar-refractivity contribution < 1.29 is 14.7 Å². The molecule has 0 atom stereocenters. The van der Waals surface area contributed by atoms with E-state index in [2.05, 4.69) is 10.2 Å². The van der Waals surface area contributed by atoms with Crippen LogP contribution in [0.4, 0.5) is 0 Å². The van der Waals surface area contributed by atoms with Crippen molar-refractivity contribution in [3.8, 4) is 0 Å². The third-order valence-electron chi connectivity index (χ3n) is 4.45. The van der Waals surface area contributed by atoms with E-state index in [0.29, 0.717) is 12.1 Å². The van der Waals surface area contributed by atoms with Gasteiger partial charge in [-0.05, 0) is 45.0 Å². The van der Waals surface area contributed by atoms with E-state index in [0.717, 1.165) is 12.8 Å². The van der Waals surface area contributed by atoms with Crippen LogP contribution in [0.25, 0.3) is 0 Å². The zero-order valence-electron chi connectivity index (χ0n) is 12.6. The summed E-state index contributed by atoms with van der Waals surface area (Å²) in [6, 6.07) is 6.63. The molecule has 1 saturated carbocycles. The van der Waals surface area contributed by atoms with Crippen molar-refractivity contribution in [3.05, 3.63) is 35.4 Å². The summed E-state index contributed by atoms with van der Waals surface area (Å²) >= 11 is 0. The highest BCUT2D eigenvalue weighted by atomic mass is 16.4. The molecule has 0 spiro atoms. The largest absolute Gasteiger partial charge is 0.478 e. The molecule has 0 heterocycles. The molecule has 5 nitrogen and oxygen atoms in total. The van der Waals surface area contributed by atoms with Gasteiger partial charge in [0.25, 0.3) is 0 Å². The van der Waals surface area contributed by atoms with E-state index in [1.165, 1.54) is 12.5 Å². The molecule has 0 bridgehead atoms. The summed E-state index contributed by atoms with van der Waals surface area (Å²) < 4.78 is 0. The lowest BCUT2D eigenvalue weighted by atomic mass is 9.75. The van der Waals surface area contributed by atoms with Crippen LogP contribution in [0.2, 0.25) is 0 Å². The Hall–Kier alpha value is -1.88. The van der Waals surface area contributed by atoms with Crippen LogP contribution in [0.5, 0.6) is 0 Å². The van der Waals surface area contributed by atoms with E-state index in [9.17, 15) is 9.59 Å². The molecule has 2 rings (SSSR count). The second-order valence-corrected chi connectivity index (χ2v) is 5.89. The molecular formula is C16H22N2O3. The smallest absolute Gasteiger partial charge is 0.335 e. The minimum atomic E-state index is -0.998. The predicted octanol–water partition coefficient (Wildman–Crippen LogP) is 1.53. The Balaban J connectivity index is 1.95. The molecule has 1 aliphatic rings. The number of nitrogens with one attached hydrogen (secondary N) is 1. The Morgan fingerprint density at radius 3 is 2.48 bits per heavy atom. The summed E-state index contributed by atoms with van der Waals surface area (Å²) in [4.78, 5) is 25.4. The van der Waals surface area contributed by atoms with Gasteiger partial charge in [0, 0.05) is 12.1 Å². The molecule has 0 unspecified atom stereocenters. The van der Waals surface area contributed by atoms with Gasteiger partial charge < -0.3 is 15.3 Å². The van der Waals surface area contributed by atoms with Crippen molar-refractivity contribution >= 4 is 11.9 Å². The van der Waals surface area contributed by atoms with Crippen molar-refractivity contribution in [2.45, 2.75) is 31.2 Å². The quantitative estimate of drug-likeness (QED) is 0.833. The molecule has 2 N–H and O–H groups in total.